The van der Waals surface area contributed by atoms with Crippen LogP contribution >= 0.6 is 11.3 Å². The average molecular weight is 304 g/mol. The van der Waals surface area contributed by atoms with Crippen molar-refractivity contribution in [3.8, 4) is 10.6 Å². The zero-order valence-electron chi connectivity index (χ0n) is 12.7. The molecule has 1 heterocycles. The molecule has 0 aliphatic heterocycles. The Morgan fingerprint density at radius 3 is 2.71 bits per heavy atom. The summed E-state index contributed by atoms with van der Waals surface area (Å²) in [5.41, 5.74) is 2.18. The zero-order valence-corrected chi connectivity index (χ0v) is 13.5. The summed E-state index contributed by atoms with van der Waals surface area (Å²) in [6.45, 7) is 5.17. The number of hydrogen-bond donors (Lipinski definition) is 2. The minimum absolute atomic E-state index is 0.0843. The molecule has 0 radical (unpaired) electrons. The molecular weight excluding hydrogens is 282 g/mol. The minimum Gasteiger partial charge on any atom is -0.349 e. The fourth-order valence-corrected chi connectivity index (χ4v) is 2.95. The van der Waals surface area contributed by atoms with Crippen molar-refractivity contribution in [2.75, 3.05) is 13.6 Å². The Labute approximate surface area is 129 Å². The largest absolute Gasteiger partial charge is 0.349 e. The summed E-state index contributed by atoms with van der Waals surface area (Å²) < 4.78 is 0. The molecule has 0 aliphatic rings. The summed E-state index contributed by atoms with van der Waals surface area (Å²) in [4.78, 5) is 17.5. The van der Waals surface area contributed by atoms with Gasteiger partial charge in [0.2, 0.25) is 0 Å². The van der Waals surface area contributed by atoms with Crippen LogP contribution in [0.1, 0.15) is 19.5 Å². The molecule has 4 nitrogen and oxygen atoms in total. The summed E-state index contributed by atoms with van der Waals surface area (Å²) in [6, 6.07) is 10.4. The van der Waals surface area contributed by atoms with E-state index in [1.807, 2.05) is 39.1 Å². The molecule has 0 fully saturated rings. The normalized spacial score (nSPS) is 12.4. The predicted molar refractivity (Wildman–Crippen MR) is 86.3 cm³/mol. The Bertz CT molecular complexity index is 580. The molecule has 1 aromatic heterocycles. The molecule has 5 heteroatoms. The second-order valence-electron chi connectivity index (χ2n) is 5.54. The maximum absolute atomic E-state index is 11.7. The van der Waals surface area contributed by atoms with Gasteiger partial charge < -0.3 is 10.2 Å². The fourth-order valence-electron chi connectivity index (χ4n) is 2.12. The first-order valence-corrected chi connectivity index (χ1v) is 8.03. The lowest BCUT2D eigenvalue weighted by Gasteiger charge is -2.13. The van der Waals surface area contributed by atoms with Crippen molar-refractivity contribution in [1.29, 1.82) is 0 Å². The van der Waals surface area contributed by atoms with Gasteiger partial charge >= 0.3 is 0 Å². The molecule has 0 bridgehead atoms. The maximum Gasteiger partial charge on any atom is 0.275 e. The maximum atomic E-state index is 11.7. The highest BCUT2D eigenvalue weighted by molar-refractivity contribution is 7.13. The Hall–Kier alpha value is -1.72. The van der Waals surface area contributed by atoms with Gasteiger partial charge in [-0.2, -0.15) is 0 Å². The van der Waals surface area contributed by atoms with Crippen LogP contribution in [0.3, 0.4) is 0 Å². The fraction of sp³-hybridized carbons (Fsp3) is 0.375. The van der Waals surface area contributed by atoms with Crippen LogP contribution in [-0.4, -0.2) is 30.5 Å². The Balaban J connectivity index is 1.92. The number of nitrogens with one attached hydrogen (secondary N) is 2. The summed E-state index contributed by atoms with van der Waals surface area (Å²) >= 11 is 1.65. The van der Waals surface area contributed by atoms with E-state index in [1.165, 1.54) is 0 Å². The highest BCUT2D eigenvalue weighted by Crippen LogP contribution is 2.22. The quantitative estimate of drug-likeness (QED) is 0.846. The van der Waals surface area contributed by atoms with Crippen LogP contribution in [0.2, 0.25) is 0 Å². The van der Waals surface area contributed by atoms with Crippen LogP contribution in [0.15, 0.2) is 35.7 Å². The lowest BCUT2D eigenvalue weighted by atomic mass is 10.2. The second-order valence-corrected chi connectivity index (χ2v) is 6.40. The third-order valence-electron chi connectivity index (χ3n) is 2.97. The van der Waals surface area contributed by atoms with Gasteiger partial charge in [0, 0.05) is 17.0 Å². The van der Waals surface area contributed by atoms with Crippen molar-refractivity contribution in [1.82, 2.24) is 10.3 Å². The first-order chi connectivity index (χ1) is 10.0. The smallest absolute Gasteiger partial charge is 0.275 e. The van der Waals surface area contributed by atoms with E-state index in [0.717, 1.165) is 27.7 Å². The van der Waals surface area contributed by atoms with Gasteiger partial charge in [-0.3, -0.25) is 4.79 Å². The van der Waals surface area contributed by atoms with Crippen LogP contribution in [0.5, 0.6) is 0 Å². The summed E-state index contributed by atoms with van der Waals surface area (Å²) in [5, 5.41) is 6.02. The molecule has 1 atom stereocenters. The van der Waals surface area contributed by atoms with Gasteiger partial charge in [0.05, 0.1) is 7.05 Å². The van der Waals surface area contributed by atoms with Crippen molar-refractivity contribution >= 4 is 17.2 Å². The lowest BCUT2D eigenvalue weighted by Crippen LogP contribution is -3.09. The number of quaternary nitrogens is 1. The number of thiazole rings is 1. The number of aromatic nitrogens is 1. The van der Waals surface area contributed by atoms with Crippen molar-refractivity contribution in [3.05, 3.63) is 41.4 Å². The van der Waals surface area contributed by atoms with E-state index in [2.05, 4.69) is 27.8 Å². The van der Waals surface area contributed by atoms with Crippen molar-refractivity contribution in [3.63, 3.8) is 0 Å². The van der Waals surface area contributed by atoms with Gasteiger partial charge in [0.15, 0.2) is 6.54 Å². The highest BCUT2D eigenvalue weighted by Gasteiger charge is 2.13. The highest BCUT2D eigenvalue weighted by atomic mass is 32.1. The minimum atomic E-state index is 0.0843. The van der Waals surface area contributed by atoms with Gasteiger partial charge in [-0.25, -0.2) is 4.98 Å². The molecule has 2 rings (SSSR count). The molecule has 21 heavy (non-hydrogen) atoms. The van der Waals surface area contributed by atoms with Gasteiger partial charge in [-0.05, 0) is 13.8 Å². The van der Waals surface area contributed by atoms with Gasteiger partial charge in [0.1, 0.15) is 17.2 Å². The van der Waals surface area contributed by atoms with E-state index in [1.54, 1.807) is 11.3 Å². The third kappa shape index (κ3) is 4.95. The number of benzene rings is 1. The van der Waals surface area contributed by atoms with Crippen molar-refractivity contribution in [2.24, 2.45) is 0 Å². The molecule has 0 aliphatic carbocycles. The predicted octanol–water partition coefficient (Wildman–Crippen LogP) is 1.35. The van der Waals surface area contributed by atoms with Crippen LogP contribution in [0.4, 0.5) is 0 Å². The summed E-state index contributed by atoms with van der Waals surface area (Å²) in [7, 11) is 2.02. The molecule has 1 unspecified atom stereocenters. The van der Waals surface area contributed by atoms with E-state index < -0.39 is 0 Å². The number of rotatable bonds is 6. The van der Waals surface area contributed by atoms with Gasteiger partial charge in [0.25, 0.3) is 5.91 Å². The van der Waals surface area contributed by atoms with Crippen LogP contribution in [0, 0.1) is 0 Å². The molecule has 0 spiro atoms. The summed E-state index contributed by atoms with van der Waals surface area (Å²) in [5.74, 6) is 0.0843. The molecular formula is C16H22N3OS+. The molecule has 112 valence electrons. The monoisotopic (exact) mass is 304 g/mol. The number of amides is 1. The molecule has 2 aromatic rings. The van der Waals surface area contributed by atoms with E-state index >= 15 is 0 Å². The molecule has 2 N–H and O–H groups in total. The third-order valence-corrected chi connectivity index (χ3v) is 3.91. The van der Waals surface area contributed by atoms with E-state index in [0.29, 0.717) is 6.54 Å². The zero-order chi connectivity index (χ0) is 15.2. The second kappa shape index (κ2) is 7.33. The average Bonchev–Trinajstić information content (AvgIpc) is 2.86. The number of hydrogen-bond acceptors (Lipinski definition) is 3. The Morgan fingerprint density at radius 1 is 1.33 bits per heavy atom. The number of carbonyl (C=O) groups excluding carboxylic acids is 1. The van der Waals surface area contributed by atoms with E-state index in [4.69, 9.17) is 0 Å². The van der Waals surface area contributed by atoms with Crippen molar-refractivity contribution < 1.29 is 9.69 Å². The molecule has 0 saturated carbocycles. The molecule has 1 aromatic carbocycles. The van der Waals surface area contributed by atoms with Crippen LogP contribution in [0.25, 0.3) is 10.6 Å². The van der Waals surface area contributed by atoms with Crippen molar-refractivity contribution in [2.45, 2.75) is 26.4 Å². The van der Waals surface area contributed by atoms with E-state index in [9.17, 15) is 4.79 Å². The Kier molecular flexibility index (Phi) is 5.47. The van der Waals surface area contributed by atoms with Crippen LogP contribution in [-0.2, 0) is 11.3 Å². The Morgan fingerprint density at radius 2 is 2.05 bits per heavy atom. The first-order valence-electron chi connectivity index (χ1n) is 7.15. The molecule has 0 saturated heterocycles. The first kappa shape index (κ1) is 15.7. The number of likely N-dealkylation sites (N-methyl/N-ethyl adjacent to an activating group) is 1. The number of carbonyl (C=O) groups is 1. The molecule has 1 amide bonds. The summed E-state index contributed by atoms with van der Waals surface area (Å²) in [6.07, 6.45) is 0. The SMILES string of the molecule is CC(C)NC(=O)C[NH+](C)Cc1csc(-c2ccccc2)n1. The van der Waals surface area contributed by atoms with Gasteiger partial charge in [-0.1, -0.05) is 30.3 Å². The lowest BCUT2D eigenvalue weighted by molar-refractivity contribution is -0.885. The van der Waals surface area contributed by atoms with Crippen LogP contribution < -0.4 is 10.2 Å². The topological polar surface area (TPSA) is 46.4 Å². The van der Waals surface area contributed by atoms with E-state index in [-0.39, 0.29) is 11.9 Å². The number of nitrogens with zero attached hydrogens (tertiary/aromatic N) is 1. The standard InChI is InChI=1S/C16H21N3OS/c1-12(2)17-15(20)10-19(3)9-14-11-21-16(18-14)13-7-5-4-6-8-13/h4-8,11-12H,9-10H2,1-3H3,(H,17,20)/p+1. The van der Waals surface area contributed by atoms with Gasteiger partial charge in [-0.15, -0.1) is 11.3 Å².